The van der Waals surface area contributed by atoms with Gasteiger partial charge < -0.3 is 10.2 Å². The number of piperidine rings is 2. The predicted octanol–water partition coefficient (Wildman–Crippen LogP) is 2.89. The van der Waals surface area contributed by atoms with Crippen LogP contribution in [0.15, 0.2) is 45.8 Å². The average Bonchev–Trinajstić information content (AvgIpc) is 2.80. The van der Waals surface area contributed by atoms with Crippen LogP contribution in [0.25, 0.3) is 0 Å². The summed E-state index contributed by atoms with van der Waals surface area (Å²) in [4.78, 5) is 14.2. The maximum atomic E-state index is 12.6. The van der Waals surface area contributed by atoms with Gasteiger partial charge in [-0.25, -0.2) is 9.97 Å². The molecule has 1 aromatic carbocycles. The van der Waals surface area contributed by atoms with Crippen molar-refractivity contribution in [2.45, 2.75) is 43.5 Å². The van der Waals surface area contributed by atoms with E-state index in [-0.39, 0.29) is 10.8 Å². The quantitative estimate of drug-likeness (QED) is 0.782. The molecule has 4 heterocycles. The first-order valence-corrected chi connectivity index (χ1v) is 12.5. The molecule has 0 spiro atoms. The van der Waals surface area contributed by atoms with Crippen molar-refractivity contribution in [1.82, 2.24) is 14.9 Å². The van der Waals surface area contributed by atoms with Crippen LogP contribution in [-0.4, -0.2) is 55.3 Å². The van der Waals surface area contributed by atoms with Crippen LogP contribution in [0.1, 0.15) is 37.8 Å². The van der Waals surface area contributed by atoms with Crippen molar-refractivity contribution >= 4 is 27.5 Å². The molecule has 0 aliphatic carbocycles. The fourth-order valence-corrected chi connectivity index (χ4v) is 5.88. The van der Waals surface area contributed by atoms with E-state index in [2.05, 4.69) is 24.5 Å². The third-order valence-corrected chi connectivity index (χ3v) is 7.61. The zero-order chi connectivity index (χ0) is 21.3. The van der Waals surface area contributed by atoms with Gasteiger partial charge in [-0.2, -0.15) is 8.42 Å². The second-order valence-electron chi connectivity index (χ2n) is 8.54. The lowest BCUT2D eigenvalue weighted by atomic mass is 9.96. The number of hydrogen-bond acceptors (Lipinski definition) is 7. The third kappa shape index (κ3) is 4.43. The number of benzene rings is 1. The van der Waals surface area contributed by atoms with Crippen molar-refractivity contribution in [1.29, 1.82) is 0 Å². The van der Waals surface area contributed by atoms with E-state index < -0.39 is 10.0 Å². The molecule has 0 saturated carbocycles. The van der Waals surface area contributed by atoms with Gasteiger partial charge in [-0.15, -0.1) is 4.40 Å². The van der Waals surface area contributed by atoms with Crippen molar-refractivity contribution in [3.8, 4) is 0 Å². The van der Waals surface area contributed by atoms with E-state index in [4.69, 9.17) is 4.98 Å². The molecule has 5 rings (SSSR count). The second-order valence-corrected chi connectivity index (χ2v) is 10.1. The molecule has 3 aliphatic heterocycles. The fourth-order valence-electron chi connectivity index (χ4n) is 4.68. The van der Waals surface area contributed by atoms with E-state index in [1.807, 2.05) is 18.3 Å². The molecule has 9 heteroatoms. The lowest BCUT2D eigenvalue weighted by Crippen LogP contribution is -2.41. The van der Waals surface area contributed by atoms with Gasteiger partial charge in [0.2, 0.25) is 5.95 Å². The van der Waals surface area contributed by atoms with Crippen LogP contribution in [-0.2, 0) is 16.6 Å². The van der Waals surface area contributed by atoms with E-state index in [9.17, 15) is 8.42 Å². The van der Waals surface area contributed by atoms with Gasteiger partial charge in [-0.3, -0.25) is 4.90 Å². The number of sulfonamides is 1. The fraction of sp³-hybridized carbons (Fsp3) is 0.500. The number of fused-ring (bicyclic) bond motifs is 1. The second kappa shape index (κ2) is 8.55. The molecule has 2 fully saturated rings. The number of anilines is 2. The van der Waals surface area contributed by atoms with Gasteiger partial charge in [0, 0.05) is 38.3 Å². The molecule has 164 valence electrons. The minimum Gasteiger partial charge on any atom is -0.342 e. The molecule has 0 amide bonds. The molecule has 0 bridgehead atoms. The van der Waals surface area contributed by atoms with Crippen molar-refractivity contribution in [3.05, 3.63) is 42.2 Å². The van der Waals surface area contributed by atoms with E-state index in [0.717, 1.165) is 57.2 Å². The Hall–Kier alpha value is -2.52. The smallest absolute Gasteiger partial charge is 0.286 e. The number of nitrogens with zero attached hydrogens (tertiary/aromatic N) is 5. The van der Waals surface area contributed by atoms with E-state index >= 15 is 0 Å². The Morgan fingerprint density at radius 2 is 1.87 bits per heavy atom. The van der Waals surface area contributed by atoms with Gasteiger partial charge in [0.25, 0.3) is 10.0 Å². The van der Waals surface area contributed by atoms with E-state index in [1.165, 1.54) is 19.3 Å². The lowest BCUT2D eigenvalue weighted by Gasteiger charge is -2.34. The largest absolute Gasteiger partial charge is 0.342 e. The first-order valence-electron chi connectivity index (χ1n) is 11.1. The van der Waals surface area contributed by atoms with Crippen LogP contribution in [0.3, 0.4) is 0 Å². The van der Waals surface area contributed by atoms with Crippen LogP contribution in [0.4, 0.5) is 11.6 Å². The predicted molar refractivity (Wildman–Crippen MR) is 121 cm³/mol. The molecule has 1 aromatic heterocycles. The van der Waals surface area contributed by atoms with Gasteiger partial charge in [-0.05, 0) is 56.8 Å². The highest BCUT2D eigenvalue weighted by atomic mass is 32.2. The Balaban J connectivity index is 1.29. The van der Waals surface area contributed by atoms with Crippen molar-refractivity contribution in [2.75, 3.05) is 36.4 Å². The minimum atomic E-state index is -3.65. The number of para-hydroxylation sites is 1. The minimum absolute atomic E-state index is 0.0558. The molecule has 0 unspecified atom stereocenters. The first-order chi connectivity index (χ1) is 15.1. The summed E-state index contributed by atoms with van der Waals surface area (Å²) in [6.45, 7) is 4.51. The molecule has 1 N–H and O–H groups in total. The van der Waals surface area contributed by atoms with Crippen LogP contribution in [0.5, 0.6) is 0 Å². The molecule has 8 nitrogen and oxygen atoms in total. The number of amidine groups is 1. The first kappa shape index (κ1) is 20.4. The summed E-state index contributed by atoms with van der Waals surface area (Å²) in [5.74, 6) is 1.44. The maximum Gasteiger partial charge on any atom is 0.286 e. The molecule has 1 atom stereocenters. The Labute approximate surface area is 183 Å². The number of likely N-dealkylation sites (tertiary alicyclic amines) is 1. The third-order valence-electron chi connectivity index (χ3n) is 6.26. The molecule has 3 aliphatic rings. The summed E-state index contributed by atoms with van der Waals surface area (Å²) in [5.41, 5.74) is 1.62. The molecule has 2 aromatic rings. The average molecular weight is 441 g/mol. The van der Waals surface area contributed by atoms with E-state index in [1.54, 1.807) is 18.2 Å². The van der Waals surface area contributed by atoms with Crippen LogP contribution >= 0.6 is 0 Å². The van der Waals surface area contributed by atoms with Crippen molar-refractivity contribution in [2.24, 2.45) is 10.3 Å². The summed E-state index contributed by atoms with van der Waals surface area (Å²) in [6.07, 6.45) is 7.44. The number of hydrogen-bond donors (Lipinski definition) is 1. The zero-order valence-electron chi connectivity index (χ0n) is 17.6. The van der Waals surface area contributed by atoms with Gasteiger partial charge in [0.15, 0.2) is 0 Å². The normalized spacial score (nSPS) is 23.5. The highest BCUT2D eigenvalue weighted by molar-refractivity contribution is 7.90. The monoisotopic (exact) mass is 440 g/mol. The van der Waals surface area contributed by atoms with Crippen LogP contribution in [0.2, 0.25) is 0 Å². The summed E-state index contributed by atoms with van der Waals surface area (Å²) in [6, 6.07) is 8.94. The van der Waals surface area contributed by atoms with Gasteiger partial charge in [-0.1, -0.05) is 12.1 Å². The summed E-state index contributed by atoms with van der Waals surface area (Å²) < 4.78 is 29.4. The Bertz CT molecular complexity index is 1080. The molecular formula is C22H28N6O2S. The Morgan fingerprint density at radius 3 is 2.74 bits per heavy atom. The van der Waals surface area contributed by atoms with E-state index in [0.29, 0.717) is 11.5 Å². The highest BCUT2D eigenvalue weighted by Crippen LogP contribution is 2.30. The molecular weight excluding hydrogens is 412 g/mol. The Morgan fingerprint density at radius 1 is 1.03 bits per heavy atom. The van der Waals surface area contributed by atoms with Crippen molar-refractivity contribution in [3.63, 3.8) is 0 Å². The van der Waals surface area contributed by atoms with Crippen LogP contribution < -0.4 is 10.2 Å². The van der Waals surface area contributed by atoms with Gasteiger partial charge in [0.1, 0.15) is 10.7 Å². The maximum absolute atomic E-state index is 12.6. The van der Waals surface area contributed by atoms with Crippen molar-refractivity contribution < 1.29 is 8.42 Å². The number of aromatic nitrogens is 2. The lowest BCUT2D eigenvalue weighted by molar-refractivity contribution is 0.194. The number of rotatable bonds is 4. The highest BCUT2D eigenvalue weighted by Gasteiger charge is 2.31. The van der Waals surface area contributed by atoms with Crippen LogP contribution in [0, 0.1) is 5.92 Å². The molecule has 2 saturated heterocycles. The summed E-state index contributed by atoms with van der Waals surface area (Å²) >= 11 is 0. The standard InChI is InChI=1S/C22H28N6O2S/c29-31(30)20-9-3-2-8-19(20)25-21(26-31)17-7-6-12-27(15-17)16-18-10-11-23-22(24-18)28-13-4-1-5-14-28/h2-3,8-11,17H,1,4-7,12-16H2,(H,25,26)/t17-/m0/s1. The number of nitrogens with one attached hydrogen (secondary N) is 1. The zero-order valence-corrected chi connectivity index (χ0v) is 18.4. The molecule has 31 heavy (non-hydrogen) atoms. The molecule has 0 radical (unpaired) electrons. The van der Waals surface area contributed by atoms with Gasteiger partial charge in [0.05, 0.1) is 11.4 Å². The summed E-state index contributed by atoms with van der Waals surface area (Å²) in [5, 5.41) is 3.27. The Kier molecular flexibility index (Phi) is 5.62. The topological polar surface area (TPSA) is 90.8 Å². The summed E-state index contributed by atoms with van der Waals surface area (Å²) in [7, 11) is -3.65. The SMILES string of the molecule is O=S1(=O)N=C([C@H]2CCCN(Cc3ccnc(N4CCCCC4)n3)C2)Nc2ccccc21. The van der Waals surface area contributed by atoms with Gasteiger partial charge >= 0.3 is 0 Å².